The van der Waals surface area contributed by atoms with Gasteiger partial charge in [-0.1, -0.05) is 33.1 Å². The van der Waals surface area contributed by atoms with E-state index in [1.54, 1.807) is 0 Å². The smallest absolute Gasteiger partial charge is 0.149 e. The van der Waals surface area contributed by atoms with Gasteiger partial charge in [0.1, 0.15) is 6.10 Å². The van der Waals surface area contributed by atoms with Gasteiger partial charge in [0, 0.05) is 11.1 Å². The number of nitrogens with one attached hydrogen (secondary N) is 1. The van der Waals surface area contributed by atoms with Crippen molar-refractivity contribution in [2.75, 3.05) is 6.54 Å². The van der Waals surface area contributed by atoms with Crippen LogP contribution in [0.4, 0.5) is 0 Å². The summed E-state index contributed by atoms with van der Waals surface area (Å²) in [6.07, 6.45) is 4.66. The van der Waals surface area contributed by atoms with Crippen LogP contribution in [-0.4, -0.2) is 12.6 Å². The molecule has 1 N–H and O–H groups in total. The van der Waals surface area contributed by atoms with Gasteiger partial charge in [0.15, 0.2) is 0 Å². The molecule has 0 amide bonds. The normalized spacial score (nSPS) is 14.2. The molecule has 0 aliphatic rings. The van der Waals surface area contributed by atoms with Crippen molar-refractivity contribution in [1.82, 2.24) is 5.48 Å². The lowest BCUT2D eigenvalue weighted by molar-refractivity contribution is 0.125. The van der Waals surface area contributed by atoms with Gasteiger partial charge in [-0.25, -0.2) is 0 Å². The lowest BCUT2D eigenvalue weighted by Crippen LogP contribution is -2.21. The Labute approximate surface area is 100.0 Å². The van der Waals surface area contributed by atoms with E-state index in [-0.39, 0.29) is 6.10 Å². The lowest BCUT2D eigenvalue weighted by Gasteiger charge is -2.11. The fourth-order valence-corrected chi connectivity index (χ4v) is 1.91. The van der Waals surface area contributed by atoms with Crippen LogP contribution in [0.5, 0.6) is 0 Å². The zero-order valence-corrected chi connectivity index (χ0v) is 11.8. The predicted molar refractivity (Wildman–Crippen MR) is 66.2 cm³/mol. The predicted octanol–water partition coefficient (Wildman–Crippen LogP) is 3.81. The second kappa shape index (κ2) is 10.2. The molecule has 0 saturated carbocycles. The molecular weight excluding hydrogens is 225 g/mol. The number of rotatable bonds is 10. The molecule has 0 radical (unpaired) electrons. The third-order valence-electron chi connectivity index (χ3n) is 2.35. The maximum atomic E-state index is 11.2. The van der Waals surface area contributed by atoms with Crippen LogP contribution in [0.1, 0.15) is 53.4 Å². The summed E-state index contributed by atoms with van der Waals surface area (Å²) in [6.45, 7) is 8.73. The Morgan fingerprint density at radius 2 is 2.00 bits per heavy atom. The molecule has 0 saturated heterocycles. The van der Waals surface area contributed by atoms with Gasteiger partial charge in [-0.05, 0) is 30.8 Å². The molecule has 16 heavy (non-hydrogen) atoms. The highest BCUT2D eigenvalue weighted by molar-refractivity contribution is 7.33. The Morgan fingerprint density at radius 1 is 1.31 bits per heavy atom. The van der Waals surface area contributed by atoms with Gasteiger partial charge in [0.25, 0.3) is 0 Å². The molecule has 96 valence electrons. The molecule has 0 heterocycles. The molecule has 0 aliphatic carbocycles. The second-order valence-corrected chi connectivity index (χ2v) is 5.07. The first-order valence-corrected chi connectivity index (χ1v) is 7.23. The van der Waals surface area contributed by atoms with Gasteiger partial charge in [-0.2, -0.15) is 0 Å². The summed E-state index contributed by atoms with van der Waals surface area (Å²) in [5, 5.41) is 0. The van der Waals surface area contributed by atoms with Crippen LogP contribution in [-0.2, 0) is 13.7 Å². The summed E-state index contributed by atoms with van der Waals surface area (Å²) < 4.78 is 21.1. The molecule has 2 atom stereocenters. The standard InChI is InChI=1S/C11H25NO3P/c1-5-7-8-11(6-2)9-12-15-16(13)14-10(3)4/h10-12H,5-9H2,1-4H3/q+1. The molecule has 0 spiro atoms. The lowest BCUT2D eigenvalue weighted by atomic mass is 10.00. The van der Waals surface area contributed by atoms with Crippen LogP contribution in [0, 0.1) is 5.92 Å². The summed E-state index contributed by atoms with van der Waals surface area (Å²) in [4.78, 5) is 0. The molecule has 0 aromatic heterocycles. The third-order valence-corrected chi connectivity index (χ3v) is 3.22. The Morgan fingerprint density at radius 3 is 2.50 bits per heavy atom. The van der Waals surface area contributed by atoms with Crippen LogP contribution in [0.15, 0.2) is 0 Å². The largest absolute Gasteiger partial charge is 0.716 e. The Bertz CT molecular complexity index is 188. The molecule has 5 heteroatoms. The molecule has 2 unspecified atom stereocenters. The van der Waals surface area contributed by atoms with Gasteiger partial charge in [-0.3, -0.25) is 0 Å². The van der Waals surface area contributed by atoms with Crippen LogP contribution in [0.3, 0.4) is 0 Å². The molecule has 4 nitrogen and oxygen atoms in total. The molecule has 0 aliphatic heterocycles. The summed E-state index contributed by atoms with van der Waals surface area (Å²) in [5.74, 6) is 0.586. The maximum absolute atomic E-state index is 11.2. The van der Waals surface area contributed by atoms with Crippen LogP contribution in [0.2, 0.25) is 0 Å². The van der Waals surface area contributed by atoms with Crippen LogP contribution >= 0.6 is 8.25 Å². The van der Waals surface area contributed by atoms with E-state index < -0.39 is 8.25 Å². The quantitative estimate of drug-likeness (QED) is 0.473. The van der Waals surface area contributed by atoms with Crippen molar-refractivity contribution in [1.29, 1.82) is 0 Å². The number of hydrogen-bond donors (Lipinski definition) is 1. The molecule has 0 aromatic rings. The third kappa shape index (κ3) is 9.22. The van der Waals surface area contributed by atoms with E-state index in [4.69, 9.17) is 9.15 Å². The molecule has 0 bridgehead atoms. The van der Waals surface area contributed by atoms with Crippen molar-refractivity contribution in [3.8, 4) is 0 Å². The zero-order chi connectivity index (χ0) is 12.4. The maximum Gasteiger partial charge on any atom is 0.716 e. The van der Waals surface area contributed by atoms with Crippen molar-refractivity contribution in [2.24, 2.45) is 5.92 Å². The fourth-order valence-electron chi connectivity index (χ4n) is 1.34. The first-order chi connectivity index (χ1) is 7.60. The summed E-state index contributed by atoms with van der Waals surface area (Å²) in [7, 11) is -2.03. The van der Waals surface area contributed by atoms with Crippen molar-refractivity contribution in [3.63, 3.8) is 0 Å². The second-order valence-electron chi connectivity index (χ2n) is 4.23. The number of unbranched alkanes of at least 4 members (excludes halogenated alkanes) is 1. The van der Waals surface area contributed by atoms with Crippen molar-refractivity contribution >= 4 is 8.25 Å². The van der Waals surface area contributed by atoms with E-state index in [1.165, 1.54) is 19.3 Å². The highest BCUT2D eigenvalue weighted by Gasteiger charge is 2.23. The summed E-state index contributed by atoms with van der Waals surface area (Å²) in [5.41, 5.74) is 2.74. The van der Waals surface area contributed by atoms with Crippen molar-refractivity contribution in [3.05, 3.63) is 0 Å². The average Bonchev–Trinajstić information content (AvgIpc) is 2.22. The number of hydrogen-bond acceptors (Lipinski definition) is 4. The van der Waals surface area contributed by atoms with E-state index in [9.17, 15) is 4.57 Å². The van der Waals surface area contributed by atoms with Crippen LogP contribution in [0.25, 0.3) is 0 Å². The van der Waals surface area contributed by atoms with Crippen molar-refractivity contribution < 1.29 is 13.7 Å². The molecule has 0 aromatic carbocycles. The molecule has 0 rings (SSSR count). The van der Waals surface area contributed by atoms with Gasteiger partial charge < -0.3 is 0 Å². The minimum atomic E-state index is -2.03. The zero-order valence-electron chi connectivity index (χ0n) is 10.9. The van der Waals surface area contributed by atoms with E-state index in [0.29, 0.717) is 5.92 Å². The van der Waals surface area contributed by atoms with E-state index in [1.807, 2.05) is 13.8 Å². The van der Waals surface area contributed by atoms with E-state index in [0.717, 1.165) is 13.0 Å². The minimum absolute atomic E-state index is 0.0764. The minimum Gasteiger partial charge on any atom is -0.149 e. The van der Waals surface area contributed by atoms with Crippen molar-refractivity contribution in [2.45, 2.75) is 59.5 Å². The highest BCUT2D eigenvalue weighted by Crippen LogP contribution is 2.24. The highest BCUT2D eigenvalue weighted by atomic mass is 31.1. The van der Waals surface area contributed by atoms with Gasteiger partial charge >= 0.3 is 8.25 Å². The molecular formula is C11H25NO3P+. The monoisotopic (exact) mass is 250 g/mol. The van der Waals surface area contributed by atoms with Gasteiger partial charge in [-0.15, -0.1) is 10.0 Å². The summed E-state index contributed by atoms with van der Waals surface area (Å²) in [6, 6.07) is 0. The summed E-state index contributed by atoms with van der Waals surface area (Å²) >= 11 is 0. The van der Waals surface area contributed by atoms with E-state index >= 15 is 0 Å². The van der Waals surface area contributed by atoms with Crippen LogP contribution < -0.4 is 5.48 Å². The molecule has 0 fully saturated rings. The topological polar surface area (TPSA) is 47.6 Å². The fraction of sp³-hybridized carbons (Fsp3) is 1.00. The Hall–Kier alpha value is -0.0200. The first kappa shape index (κ1) is 16.0. The number of hydroxylamine groups is 1. The Balaban J connectivity index is 3.57. The van der Waals surface area contributed by atoms with E-state index in [2.05, 4.69) is 19.3 Å². The SMILES string of the molecule is CCCCC(CC)CNO[P+](=O)OC(C)C. The van der Waals surface area contributed by atoms with Gasteiger partial charge in [0.05, 0.1) is 0 Å². The van der Waals surface area contributed by atoms with Gasteiger partial charge in [0.2, 0.25) is 0 Å². The average molecular weight is 250 g/mol. The first-order valence-electron chi connectivity index (χ1n) is 6.13. The Kier molecular flexibility index (Phi) is 10.1.